The number of hydrogen-bond donors (Lipinski definition) is 1. The number of nitrogens with one attached hydrogen (secondary N) is 1. The molecule has 0 aliphatic carbocycles. The first kappa shape index (κ1) is 17.2. The number of rotatable bonds is 10. The molecule has 1 amide bonds. The van der Waals surface area contributed by atoms with E-state index >= 15 is 0 Å². The Hall–Kier alpha value is 0.160. The van der Waals surface area contributed by atoms with E-state index in [1.165, 1.54) is 12.8 Å². The number of alkyl halides is 1. The molecule has 0 radical (unpaired) electrons. The van der Waals surface area contributed by atoms with Gasteiger partial charge < -0.3 is 10.1 Å². The summed E-state index contributed by atoms with van der Waals surface area (Å²) in [6, 6.07) is 0. The maximum atomic E-state index is 11.3. The van der Waals surface area contributed by atoms with Crippen LogP contribution < -0.4 is 5.32 Å². The quantitative estimate of drug-likeness (QED) is 0.370. The second-order valence-electron chi connectivity index (χ2n) is 4.78. The molecule has 0 heterocycles. The third-order valence-corrected chi connectivity index (χ3v) is 2.69. The summed E-state index contributed by atoms with van der Waals surface area (Å²) in [4.78, 5) is 11.3. The highest BCUT2D eigenvalue weighted by Gasteiger charge is 2.03. The van der Waals surface area contributed by atoms with Crippen molar-refractivity contribution in [2.75, 3.05) is 13.2 Å². The van der Waals surface area contributed by atoms with Crippen LogP contribution in [0.1, 0.15) is 52.9 Å². The summed E-state index contributed by atoms with van der Waals surface area (Å²) in [6.45, 7) is 7.84. The minimum Gasteiger partial charge on any atom is -0.368 e. The molecule has 1 atom stereocenters. The van der Waals surface area contributed by atoms with Crippen molar-refractivity contribution < 1.29 is 9.53 Å². The minimum absolute atomic E-state index is 0.182. The van der Waals surface area contributed by atoms with Gasteiger partial charge in [0.1, 0.15) is 4.11 Å². The first-order chi connectivity index (χ1) is 8.02. The Morgan fingerprint density at radius 2 is 1.82 bits per heavy atom. The zero-order valence-corrected chi connectivity index (χ0v) is 13.5. The Morgan fingerprint density at radius 1 is 1.18 bits per heavy atom. The highest BCUT2D eigenvalue weighted by molar-refractivity contribution is 14.1. The van der Waals surface area contributed by atoms with Crippen molar-refractivity contribution in [3.05, 3.63) is 0 Å². The van der Waals surface area contributed by atoms with Gasteiger partial charge in [0.05, 0.1) is 0 Å². The summed E-state index contributed by atoms with van der Waals surface area (Å²) in [5, 5.41) is 2.95. The largest absolute Gasteiger partial charge is 0.368 e. The summed E-state index contributed by atoms with van der Waals surface area (Å²) in [6.07, 6.45) is 5.18. The van der Waals surface area contributed by atoms with Gasteiger partial charge in [0, 0.05) is 19.6 Å². The van der Waals surface area contributed by atoms with Gasteiger partial charge in [-0.25, -0.2) is 0 Å². The van der Waals surface area contributed by atoms with E-state index in [9.17, 15) is 4.79 Å². The second kappa shape index (κ2) is 11.3. The van der Waals surface area contributed by atoms with Crippen LogP contribution >= 0.6 is 22.6 Å². The molecule has 0 aliphatic rings. The summed E-state index contributed by atoms with van der Waals surface area (Å²) < 4.78 is 5.76. The number of halogens is 1. The van der Waals surface area contributed by atoms with Gasteiger partial charge in [0.2, 0.25) is 5.91 Å². The molecule has 0 aromatic rings. The fraction of sp³-hybridized carbons (Fsp3) is 0.923. The van der Waals surface area contributed by atoms with E-state index in [0.29, 0.717) is 16.4 Å². The van der Waals surface area contributed by atoms with Crippen LogP contribution in [0.15, 0.2) is 0 Å². The summed E-state index contributed by atoms with van der Waals surface area (Å²) in [5.41, 5.74) is 0. The smallest absolute Gasteiger partial charge is 0.220 e. The van der Waals surface area contributed by atoms with Gasteiger partial charge in [-0.1, -0.05) is 49.3 Å². The maximum Gasteiger partial charge on any atom is 0.220 e. The van der Waals surface area contributed by atoms with Crippen molar-refractivity contribution in [2.24, 2.45) is 5.92 Å². The lowest BCUT2D eigenvalue weighted by Gasteiger charge is -2.07. The number of hydrogen-bond acceptors (Lipinski definition) is 2. The fourth-order valence-electron chi connectivity index (χ4n) is 1.50. The topological polar surface area (TPSA) is 38.3 Å². The predicted molar refractivity (Wildman–Crippen MR) is 80.4 cm³/mol. The molecule has 0 fully saturated rings. The zero-order chi connectivity index (χ0) is 13.1. The van der Waals surface area contributed by atoms with E-state index in [1.54, 1.807) is 0 Å². The van der Waals surface area contributed by atoms with E-state index in [0.717, 1.165) is 26.0 Å². The Kier molecular flexibility index (Phi) is 11.4. The molecular weight excluding hydrogens is 329 g/mol. The maximum absolute atomic E-state index is 11.3. The van der Waals surface area contributed by atoms with Crippen LogP contribution in [0, 0.1) is 5.92 Å². The Morgan fingerprint density at radius 3 is 2.41 bits per heavy atom. The van der Waals surface area contributed by atoms with Gasteiger partial charge in [-0.05, 0) is 25.7 Å². The molecule has 4 heteroatoms. The van der Waals surface area contributed by atoms with E-state index in [4.69, 9.17) is 4.74 Å². The first-order valence-corrected chi connectivity index (χ1v) is 7.79. The first-order valence-electron chi connectivity index (χ1n) is 6.54. The van der Waals surface area contributed by atoms with Crippen LogP contribution in [0.4, 0.5) is 0 Å². The number of ether oxygens (including phenoxy) is 1. The highest BCUT2D eigenvalue weighted by atomic mass is 127. The molecule has 0 rings (SSSR count). The molecule has 0 saturated carbocycles. The zero-order valence-electron chi connectivity index (χ0n) is 11.3. The van der Waals surface area contributed by atoms with Gasteiger partial charge in [-0.2, -0.15) is 0 Å². The van der Waals surface area contributed by atoms with Crippen molar-refractivity contribution >= 4 is 28.5 Å². The van der Waals surface area contributed by atoms with Crippen LogP contribution in [0.5, 0.6) is 0 Å². The van der Waals surface area contributed by atoms with E-state index < -0.39 is 0 Å². The molecule has 0 aliphatic heterocycles. The summed E-state index contributed by atoms with van der Waals surface area (Å²) >= 11 is 2.26. The molecular formula is C13H26INO2. The number of amides is 1. The van der Waals surface area contributed by atoms with Crippen molar-refractivity contribution in [1.29, 1.82) is 0 Å². The molecule has 0 bridgehead atoms. The lowest BCUT2D eigenvalue weighted by molar-refractivity contribution is -0.121. The highest BCUT2D eigenvalue weighted by Crippen LogP contribution is 2.04. The molecule has 3 nitrogen and oxygen atoms in total. The van der Waals surface area contributed by atoms with Crippen LogP contribution in [0.3, 0.4) is 0 Å². The average Bonchev–Trinajstić information content (AvgIpc) is 2.20. The molecule has 1 unspecified atom stereocenters. The third-order valence-electron chi connectivity index (χ3n) is 2.33. The monoisotopic (exact) mass is 355 g/mol. The molecule has 17 heavy (non-hydrogen) atoms. The Bertz CT molecular complexity index is 196. The Balaban J connectivity index is 3.16. The predicted octanol–water partition coefficient (Wildman–Crippen LogP) is 3.51. The molecule has 0 aromatic carbocycles. The average molecular weight is 355 g/mol. The van der Waals surface area contributed by atoms with Crippen molar-refractivity contribution in [2.45, 2.75) is 57.0 Å². The fourth-order valence-corrected chi connectivity index (χ4v) is 1.75. The van der Waals surface area contributed by atoms with Crippen molar-refractivity contribution in [1.82, 2.24) is 5.32 Å². The van der Waals surface area contributed by atoms with Gasteiger partial charge in [0.25, 0.3) is 0 Å². The minimum atomic E-state index is 0.182. The molecule has 102 valence electrons. The molecule has 0 spiro atoms. The standard InChI is InChI=1S/C13H26INO2/c1-11(2)10-13(16)15-8-6-4-5-7-9-17-12(3)14/h11-12H,4-10H2,1-3H3,(H,15,16). The second-order valence-corrected chi connectivity index (χ2v) is 6.53. The summed E-state index contributed by atoms with van der Waals surface area (Å²) in [5.74, 6) is 0.629. The van der Waals surface area contributed by atoms with Crippen molar-refractivity contribution in [3.8, 4) is 0 Å². The number of carbonyl (C=O) groups is 1. The SMILES string of the molecule is CC(C)CC(=O)NCCCCCCOC(C)I. The number of carbonyl (C=O) groups excluding carboxylic acids is 1. The summed E-state index contributed by atoms with van der Waals surface area (Å²) in [7, 11) is 0. The van der Waals surface area contributed by atoms with Crippen LogP contribution in [-0.4, -0.2) is 23.2 Å². The van der Waals surface area contributed by atoms with Crippen LogP contribution in [0.25, 0.3) is 0 Å². The van der Waals surface area contributed by atoms with Gasteiger partial charge in [-0.15, -0.1) is 0 Å². The normalized spacial score (nSPS) is 12.8. The van der Waals surface area contributed by atoms with Crippen molar-refractivity contribution in [3.63, 3.8) is 0 Å². The van der Waals surface area contributed by atoms with Crippen LogP contribution in [-0.2, 0) is 9.53 Å². The van der Waals surface area contributed by atoms with E-state index in [1.807, 2.05) is 6.92 Å². The molecule has 0 aromatic heterocycles. The lowest BCUT2D eigenvalue weighted by Crippen LogP contribution is -2.25. The Labute approximate surface area is 119 Å². The molecule has 1 N–H and O–H groups in total. The number of unbranched alkanes of at least 4 members (excludes halogenated alkanes) is 3. The van der Waals surface area contributed by atoms with E-state index in [2.05, 4.69) is 41.8 Å². The molecule has 0 saturated heterocycles. The van der Waals surface area contributed by atoms with E-state index in [-0.39, 0.29) is 5.91 Å². The van der Waals surface area contributed by atoms with Gasteiger partial charge in [-0.3, -0.25) is 4.79 Å². The lowest BCUT2D eigenvalue weighted by atomic mass is 10.1. The van der Waals surface area contributed by atoms with Crippen LogP contribution in [0.2, 0.25) is 0 Å². The van der Waals surface area contributed by atoms with Gasteiger partial charge >= 0.3 is 0 Å². The third kappa shape index (κ3) is 14.1. The van der Waals surface area contributed by atoms with Gasteiger partial charge in [0.15, 0.2) is 0 Å².